The molecule has 0 unspecified atom stereocenters. The lowest BCUT2D eigenvalue weighted by atomic mass is 10.3. The van der Waals surface area contributed by atoms with Crippen molar-refractivity contribution in [1.82, 2.24) is 9.97 Å². The lowest BCUT2D eigenvalue weighted by Crippen LogP contribution is -1.99. The van der Waals surface area contributed by atoms with Gasteiger partial charge in [-0.1, -0.05) is 18.5 Å². The summed E-state index contributed by atoms with van der Waals surface area (Å²) in [6.45, 7) is 2.78. The summed E-state index contributed by atoms with van der Waals surface area (Å²) >= 11 is 5.94. The Hall–Kier alpha value is -2.01. The van der Waals surface area contributed by atoms with E-state index in [1.54, 1.807) is 0 Å². The minimum Gasteiger partial charge on any atom is -0.494 e. The van der Waals surface area contributed by atoms with Crippen LogP contribution in [0.5, 0.6) is 11.5 Å². The number of rotatable bonds is 6. The monoisotopic (exact) mass is 293 g/mol. The lowest BCUT2D eigenvalue weighted by molar-refractivity contribution is 0.317. The van der Waals surface area contributed by atoms with E-state index in [-0.39, 0.29) is 5.15 Å². The molecule has 20 heavy (non-hydrogen) atoms. The Morgan fingerprint density at radius 2 is 1.95 bits per heavy atom. The maximum Gasteiger partial charge on any atom is 0.199 e. The summed E-state index contributed by atoms with van der Waals surface area (Å²) in [5.74, 6) is 1.78. The van der Waals surface area contributed by atoms with Gasteiger partial charge in [0, 0.05) is 5.69 Å². The number of benzene rings is 1. The molecule has 0 saturated carbocycles. The molecule has 0 bridgehead atoms. The average molecular weight is 294 g/mol. The summed E-state index contributed by atoms with van der Waals surface area (Å²) in [7, 11) is 1.53. The van der Waals surface area contributed by atoms with Crippen LogP contribution in [-0.2, 0) is 0 Å². The van der Waals surface area contributed by atoms with E-state index in [2.05, 4.69) is 22.2 Å². The van der Waals surface area contributed by atoms with Gasteiger partial charge < -0.3 is 14.8 Å². The molecule has 0 radical (unpaired) electrons. The predicted molar refractivity (Wildman–Crippen MR) is 79.1 cm³/mol. The van der Waals surface area contributed by atoms with E-state index in [1.165, 1.54) is 13.4 Å². The lowest BCUT2D eigenvalue weighted by Gasteiger charge is -2.11. The number of ether oxygens (including phenoxy) is 2. The van der Waals surface area contributed by atoms with Crippen molar-refractivity contribution >= 4 is 23.1 Å². The molecule has 2 aromatic rings. The predicted octanol–water partition coefficient (Wildman–Crippen LogP) is 3.67. The molecule has 1 aromatic heterocycles. The van der Waals surface area contributed by atoms with Crippen LogP contribution in [0.3, 0.4) is 0 Å². The van der Waals surface area contributed by atoms with Crippen LogP contribution >= 0.6 is 11.6 Å². The van der Waals surface area contributed by atoms with Crippen LogP contribution in [0.25, 0.3) is 0 Å². The highest BCUT2D eigenvalue weighted by Crippen LogP contribution is 2.31. The number of methoxy groups -OCH3 is 1. The SMILES string of the molecule is CCCOc1ccc(Nc2ncnc(Cl)c2OC)cc1. The summed E-state index contributed by atoms with van der Waals surface area (Å²) in [6, 6.07) is 7.60. The van der Waals surface area contributed by atoms with Crippen LogP contribution in [0.2, 0.25) is 5.15 Å². The Labute approximate surface area is 122 Å². The molecule has 1 heterocycles. The van der Waals surface area contributed by atoms with E-state index < -0.39 is 0 Å². The van der Waals surface area contributed by atoms with E-state index in [4.69, 9.17) is 21.1 Å². The quantitative estimate of drug-likeness (QED) is 0.824. The van der Waals surface area contributed by atoms with Crippen LogP contribution in [0.15, 0.2) is 30.6 Å². The Balaban J connectivity index is 2.12. The Bertz CT molecular complexity index is 561. The van der Waals surface area contributed by atoms with Gasteiger partial charge >= 0.3 is 0 Å². The first-order valence-corrected chi connectivity index (χ1v) is 6.66. The molecule has 0 aliphatic rings. The molecule has 5 nitrogen and oxygen atoms in total. The molecule has 6 heteroatoms. The summed E-state index contributed by atoms with van der Waals surface area (Å²) in [6.07, 6.45) is 2.36. The Kier molecular flexibility index (Phi) is 5.01. The molecule has 1 N–H and O–H groups in total. The van der Waals surface area contributed by atoms with Crippen molar-refractivity contribution in [2.24, 2.45) is 0 Å². The average Bonchev–Trinajstić information content (AvgIpc) is 2.47. The van der Waals surface area contributed by atoms with Crippen molar-refractivity contribution < 1.29 is 9.47 Å². The van der Waals surface area contributed by atoms with Crippen LogP contribution in [0.1, 0.15) is 13.3 Å². The van der Waals surface area contributed by atoms with Gasteiger partial charge in [0.15, 0.2) is 16.7 Å². The molecule has 0 saturated heterocycles. The van der Waals surface area contributed by atoms with Crippen molar-refractivity contribution in [3.8, 4) is 11.5 Å². The van der Waals surface area contributed by atoms with Crippen molar-refractivity contribution in [3.05, 3.63) is 35.7 Å². The highest BCUT2D eigenvalue weighted by atomic mass is 35.5. The van der Waals surface area contributed by atoms with E-state index in [0.29, 0.717) is 18.2 Å². The van der Waals surface area contributed by atoms with Gasteiger partial charge in [-0.2, -0.15) is 0 Å². The molecular weight excluding hydrogens is 278 g/mol. The zero-order chi connectivity index (χ0) is 14.4. The van der Waals surface area contributed by atoms with Crippen molar-refractivity contribution in [2.75, 3.05) is 19.0 Å². The first kappa shape index (κ1) is 14.4. The highest BCUT2D eigenvalue weighted by molar-refractivity contribution is 6.31. The van der Waals surface area contributed by atoms with E-state index in [1.807, 2.05) is 24.3 Å². The fraction of sp³-hybridized carbons (Fsp3) is 0.286. The zero-order valence-electron chi connectivity index (χ0n) is 11.4. The molecule has 106 valence electrons. The second kappa shape index (κ2) is 6.96. The Morgan fingerprint density at radius 3 is 2.60 bits per heavy atom. The standard InChI is InChI=1S/C14H16ClN3O2/c1-3-8-20-11-6-4-10(5-7-11)18-14-12(19-2)13(15)16-9-17-14/h4-7,9H,3,8H2,1-2H3,(H,16,17,18). The fourth-order valence-electron chi connectivity index (χ4n) is 1.61. The first-order valence-electron chi connectivity index (χ1n) is 6.29. The molecule has 0 fully saturated rings. The third-order valence-electron chi connectivity index (χ3n) is 2.55. The molecular formula is C14H16ClN3O2. The summed E-state index contributed by atoms with van der Waals surface area (Å²) in [5.41, 5.74) is 0.863. The van der Waals surface area contributed by atoms with Crippen LogP contribution < -0.4 is 14.8 Å². The fourth-order valence-corrected chi connectivity index (χ4v) is 1.82. The number of aromatic nitrogens is 2. The number of nitrogens with one attached hydrogen (secondary N) is 1. The largest absolute Gasteiger partial charge is 0.494 e. The maximum atomic E-state index is 5.94. The minimum absolute atomic E-state index is 0.271. The molecule has 0 aliphatic heterocycles. The van der Waals surface area contributed by atoms with Crippen molar-refractivity contribution in [3.63, 3.8) is 0 Å². The number of hydrogen-bond donors (Lipinski definition) is 1. The van der Waals surface area contributed by atoms with Gasteiger partial charge in [-0.15, -0.1) is 0 Å². The molecule has 0 atom stereocenters. The third-order valence-corrected chi connectivity index (χ3v) is 2.82. The molecule has 2 rings (SSSR count). The Morgan fingerprint density at radius 1 is 1.20 bits per heavy atom. The highest BCUT2D eigenvalue weighted by Gasteiger charge is 2.10. The number of anilines is 2. The number of nitrogens with zero attached hydrogens (tertiary/aromatic N) is 2. The van der Waals surface area contributed by atoms with Crippen molar-refractivity contribution in [1.29, 1.82) is 0 Å². The number of halogens is 1. The van der Waals surface area contributed by atoms with Crippen LogP contribution in [0.4, 0.5) is 11.5 Å². The molecule has 0 amide bonds. The smallest absolute Gasteiger partial charge is 0.199 e. The zero-order valence-corrected chi connectivity index (χ0v) is 12.1. The maximum absolute atomic E-state index is 5.94. The molecule has 0 spiro atoms. The van der Waals surface area contributed by atoms with E-state index in [0.717, 1.165) is 17.9 Å². The molecule has 1 aromatic carbocycles. The second-order valence-electron chi connectivity index (χ2n) is 4.04. The van der Waals surface area contributed by atoms with Crippen molar-refractivity contribution in [2.45, 2.75) is 13.3 Å². The summed E-state index contributed by atoms with van der Waals surface area (Å²) in [5, 5.41) is 3.40. The van der Waals surface area contributed by atoms with E-state index >= 15 is 0 Å². The minimum atomic E-state index is 0.271. The summed E-state index contributed by atoms with van der Waals surface area (Å²) < 4.78 is 10.7. The van der Waals surface area contributed by atoms with Gasteiger partial charge in [-0.05, 0) is 30.7 Å². The number of hydrogen-bond acceptors (Lipinski definition) is 5. The van der Waals surface area contributed by atoms with E-state index in [9.17, 15) is 0 Å². The van der Waals surface area contributed by atoms with Crippen LogP contribution in [-0.4, -0.2) is 23.7 Å². The summed E-state index contributed by atoms with van der Waals surface area (Å²) in [4.78, 5) is 7.98. The van der Waals surface area contributed by atoms with Gasteiger partial charge in [0.1, 0.15) is 12.1 Å². The van der Waals surface area contributed by atoms with Gasteiger partial charge in [0.25, 0.3) is 0 Å². The third kappa shape index (κ3) is 3.51. The van der Waals surface area contributed by atoms with Gasteiger partial charge in [0.2, 0.25) is 0 Å². The van der Waals surface area contributed by atoms with Gasteiger partial charge in [-0.25, -0.2) is 9.97 Å². The van der Waals surface area contributed by atoms with Gasteiger partial charge in [0.05, 0.1) is 13.7 Å². The normalized spacial score (nSPS) is 10.2. The molecule has 0 aliphatic carbocycles. The first-order chi connectivity index (χ1) is 9.74. The topological polar surface area (TPSA) is 56.3 Å². The van der Waals surface area contributed by atoms with Crippen LogP contribution in [0, 0.1) is 0 Å². The van der Waals surface area contributed by atoms with Gasteiger partial charge in [-0.3, -0.25) is 0 Å². The second-order valence-corrected chi connectivity index (χ2v) is 4.40.